The van der Waals surface area contributed by atoms with E-state index < -0.39 is 0 Å². The number of carbonyl (C=O) groups is 2. The highest BCUT2D eigenvalue weighted by atomic mass is 32.2. The number of pyridine rings is 1. The van der Waals surface area contributed by atoms with Crippen LogP contribution in [0, 0.1) is 17.3 Å². The summed E-state index contributed by atoms with van der Waals surface area (Å²) < 4.78 is 5.18. The number of carbonyl (C=O) groups excluding carboxylic acids is 2. The lowest BCUT2D eigenvalue weighted by molar-refractivity contribution is 0.0575. The van der Waals surface area contributed by atoms with Gasteiger partial charge in [-0.15, -0.1) is 17.7 Å². The minimum atomic E-state index is -0.284. The van der Waals surface area contributed by atoms with E-state index in [0.717, 1.165) is 24.3 Å². The number of thioether (sulfide) groups is 1. The number of hydrogen-bond acceptors (Lipinski definition) is 5. The normalized spacial score (nSPS) is 18.1. The molecule has 0 unspecified atom stereocenters. The molecule has 0 aromatic carbocycles. The monoisotopic (exact) mass is 387 g/mol. The first-order valence-electron chi connectivity index (χ1n) is 9.18. The molecule has 27 heavy (non-hydrogen) atoms. The van der Waals surface area contributed by atoms with Crippen LogP contribution >= 0.6 is 11.8 Å². The maximum absolute atomic E-state index is 12.9. The van der Waals surface area contributed by atoms with Gasteiger partial charge in [-0.2, -0.15) is 0 Å². The van der Waals surface area contributed by atoms with E-state index in [4.69, 9.17) is 4.74 Å². The Bertz CT molecular complexity index is 763. The van der Waals surface area contributed by atoms with Crippen LogP contribution in [-0.4, -0.2) is 65.8 Å². The summed E-state index contributed by atoms with van der Waals surface area (Å²) >= 11 is 1.49. The van der Waals surface area contributed by atoms with Gasteiger partial charge in [0.05, 0.1) is 5.56 Å². The van der Waals surface area contributed by atoms with Crippen LogP contribution in [0.4, 0.5) is 4.79 Å². The van der Waals surface area contributed by atoms with Crippen molar-refractivity contribution >= 4 is 23.8 Å². The largest absolute Gasteiger partial charge is 0.436 e. The van der Waals surface area contributed by atoms with Gasteiger partial charge in [0, 0.05) is 32.4 Å². The van der Waals surface area contributed by atoms with Gasteiger partial charge >= 0.3 is 6.09 Å². The Morgan fingerprint density at radius 2 is 1.96 bits per heavy atom. The number of aromatic nitrogens is 1. The van der Waals surface area contributed by atoms with Crippen LogP contribution in [-0.2, 0) is 4.74 Å². The molecule has 2 fully saturated rings. The molecule has 3 rings (SSSR count). The van der Waals surface area contributed by atoms with Gasteiger partial charge < -0.3 is 14.5 Å². The highest BCUT2D eigenvalue weighted by molar-refractivity contribution is 7.98. The van der Waals surface area contributed by atoms with E-state index in [9.17, 15) is 9.59 Å². The number of likely N-dealkylation sites (tertiary alicyclic amines) is 2. The summed E-state index contributed by atoms with van der Waals surface area (Å²) in [6.07, 6.45) is 6.15. The number of piperidine rings is 1. The minimum Gasteiger partial charge on any atom is -0.436 e. The summed E-state index contributed by atoms with van der Waals surface area (Å²) in [6.45, 7) is 4.71. The van der Waals surface area contributed by atoms with Crippen LogP contribution in [0.2, 0.25) is 0 Å². The summed E-state index contributed by atoms with van der Waals surface area (Å²) in [6, 6.07) is 3.65. The molecule has 0 aliphatic carbocycles. The first kappa shape index (κ1) is 19.6. The first-order valence-corrected chi connectivity index (χ1v) is 10.4. The fraction of sp³-hybridized carbons (Fsp3) is 0.550. The zero-order chi connectivity index (χ0) is 19.3. The Kier molecular flexibility index (Phi) is 6.27. The van der Waals surface area contributed by atoms with Gasteiger partial charge in [0.15, 0.2) is 6.61 Å². The molecule has 2 amide bonds. The molecule has 2 aliphatic rings. The molecule has 1 spiro atoms. The summed E-state index contributed by atoms with van der Waals surface area (Å²) in [5.74, 6) is 5.52. The zero-order valence-electron chi connectivity index (χ0n) is 15.9. The number of hydrogen-bond donors (Lipinski definition) is 0. The standard InChI is InChI=1S/C20H25N3O3S/c1-3-4-14-26-19(25)23-13-9-20(15-23)7-11-22(12-8-20)18(24)16-6-5-10-21-17(16)27-2/h5-6,10H,7-9,11-15H2,1-2H3. The van der Waals surface area contributed by atoms with Crippen molar-refractivity contribution in [1.82, 2.24) is 14.8 Å². The molecular formula is C20H25N3O3S. The Labute approximate surface area is 164 Å². The molecule has 0 N–H and O–H groups in total. The van der Waals surface area contributed by atoms with Gasteiger partial charge in [0.25, 0.3) is 5.91 Å². The van der Waals surface area contributed by atoms with Crippen LogP contribution in [0.3, 0.4) is 0 Å². The Morgan fingerprint density at radius 3 is 2.63 bits per heavy atom. The van der Waals surface area contributed by atoms with Crippen molar-refractivity contribution in [3.05, 3.63) is 23.9 Å². The quantitative estimate of drug-likeness (QED) is 0.589. The molecule has 3 heterocycles. The predicted octanol–water partition coefficient (Wildman–Crippen LogP) is 2.89. The third-order valence-corrected chi connectivity index (χ3v) is 6.16. The average Bonchev–Trinajstić information content (AvgIpc) is 3.12. The maximum atomic E-state index is 12.9. The van der Waals surface area contributed by atoms with E-state index in [1.54, 1.807) is 18.0 Å². The molecule has 1 aromatic heterocycles. The van der Waals surface area contributed by atoms with Crippen LogP contribution < -0.4 is 0 Å². The van der Waals surface area contributed by atoms with Crippen LogP contribution in [0.5, 0.6) is 0 Å². The van der Waals surface area contributed by atoms with E-state index in [1.165, 1.54) is 11.8 Å². The van der Waals surface area contributed by atoms with E-state index in [1.807, 2.05) is 23.3 Å². The first-order chi connectivity index (χ1) is 13.1. The molecule has 6 nitrogen and oxygen atoms in total. The van der Waals surface area contributed by atoms with Crippen molar-refractivity contribution < 1.29 is 14.3 Å². The molecule has 7 heteroatoms. The van der Waals surface area contributed by atoms with E-state index >= 15 is 0 Å². The minimum absolute atomic E-state index is 0.0507. The lowest BCUT2D eigenvalue weighted by atomic mass is 9.77. The number of amides is 2. The number of rotatable bonds is 3. The second-order valence-electron chi connectivity index (χ2n) is 7.01. The third kappa shape index (κ3) is 4.38. The van der Waals surface area contributed by atoms with Crippen molar-refractivity contribution in [2.75, 3.05) is 39.0 Å². The van der Waals surface area contributed by atoms with E-state index in [0.29, 0.717) is 31.7 Å². The van der Waals surface area contributed by atoms with Crippen molar-refractivity contribution in [1.29, 1.82) is 0 Å². The topological polar surface area (TPSA) is 62.7 Å². The fourth-order valence-electron chi connectivity index (χ4n) is 3.83. The van der Waals surface area contributed by atoms with Gasteiger partial charge in [0.2, 0.25) is 0 Å². The Hall–Kier alpha value is -2.20. The number of ether oxygens (including phenoxy) is 1. The van der Waals surface area contributed by atoms with Gasteiger partial charge in [-0.05, 0) is 50.0 Å². The third-order valence-electron chi connectivity index (χ3n) is 5.45. The molecule has 0 saturated carbocycles. The summed E-state index contributed by atoms with van der Waals surface area (Å²) in [5, 5.41) is 0.771. The molecular weight excluding hydrogens is 362 g/mol. The molecule has 1 aromatic rings. The van der Waals surface area contributed by atoms with Crippen molar-refractivity contribution in [3.63, 3.8) is 0 Å². The Morgan fingerprint density at radius 1 is 1.26 bits per heavy atom. The maximum Gasteiger partial charge on any atom is 0.410 e. The lowest BCUT2D eigenvalue weighted by Crippen LogP contribution is -2.44. The van der Waals surface area contributed by atoms with Gasteiger partial charge in [-0.1, -0.05) is 5.92 Å². The molecule has 2 saturated heterocycles. The van der Waals surface area contributed by atoms with Gasteiger partial charge in [0.1, 0.15) is 5.03 Å². The SMILES string of the molecule is CC#CCOC(=O)N1CCC2(CCN(C(=O)c3cccnc3SC)CC2)C1. The Balaban J connectivity index is 1.56. The van der Waals surface area contributed by atoms with E-state index in [2.05, 4.69) is 16.8 Å². The van der Waals surface area contributed by atoms with Crippen LogP contribution in [0.15, 0.2) is 23.4 Å². The highest BCUT2D eigenvalue weighted by Crippen LogP contribution is 2.41. The molecule has 144 valence electrons. The lowest BCUT2D eigenvalue weighted by Gasteiger charge is -2.39. The number of nitrogens with zero attached hydrogens (tertiary/aromatic N) is 3. The van der Waals surface area contributed by atoms with Crippen molar-refractivity contribution in [2.45, 2.75) is 31.2 Å². The second-order valence-corrected chi connectivity index (χ2v) is 7.80. The van der Waals surface area contributed by atoms with Crippen molar-refractivity contribution in [3.8, 4) is 11.8 Å². The predicted molar refractivity (Wildman–Crippen MR) is 105 cm³/mol. The highest BCUT2D eigenvalue weighted by Gasteiger charge is 2.43. The fourth-order valence-corrected chi connectivity index (χ4v) is 4.37. The summed E-state index contributed by atoms with van der Waals surface area (Å²) in [5.41, 5.74) is 0.776. The zero-order valence-corrected chi connectivity index (χ0v) is 16.7. The van der Waals surface area contributed by atoms with Gasteiger partial charge in [-0.25, -0.2) is 9.78 Å². The smallest absolute Gasteiger partial charge is 0.410 e. The van der Waals surface area contributed by atoms with Crippen LogP contribution in [0.1, 0.15) is 36.5 Å². The average molecular weight is 388 g/mol. The van der Waals surface area contributed by atoms with E-state index in [-0.39, 0.29) is 24.0 Å². The second kappa shape index (κ2) is 8.66. The summed E-state index contributed by atoms with van der Waals surface area (Å²) in [4.78, 5) is 33.0. The van der Waals surface area contributed by atoms with Crippen molar-refractivity contribution in [2.24, 2.45) is 5.41 Å². The molecule has 0 bridgehead atoms. The summed E-state index contributed by atoms with van der Waals surface area (Å²) in [7, 11) is 0. The van der Waals surface area contributed by atoms with Crippen LogP contribution in [0.25, 0.3) is 0 Å². The molecule has 0 radical (unpaired) electrons. The molecule has 0 atom stereocenters. The van der Waals surface area contributed by atoms with Gasteiger partial charge in [-0.3, -0.25) is 4.79 Å². The molecule has 2 aliphatic heterocycles.